The molecule has 0 saturated carbocycles. The van der Waals surface area contributed by atoms with Gasteiger partial charge in [-0.15, -0.1) is 0 Å². The highest BCUT2D eigenvalue weighted by Crippen LogP contribution is 2.27. The molecule has 0 aliphatic rings. The third-order valence-corrected chi connectivity index (χ3v) is 2.82. The molecule has 9 heteroatoms. The molecule has 2 aromatic heterocycles. The Morgan fingerprint density at radius 2 is 2.00 bits per heavy atom. The first-order valence-electron chi connectivity index (χ1n) is 6.09. The molecule has 0 aromatic carbocycles. The summed E-state index contributed by atoms with van der Waals surface area (Å²) in [6.45, 7) is 0.0342. The van der Waals surface area contributed by atoms with Crippen LogP contribution in [0.3, 0.4) is 0 Å². The highest BCUT2D eigenvalue weighted by atomic mass is 19.4. The van der Waals surface area contributed by atoms with Crippen molar-refractivity contribution in [3.63, 3.8) is 0 Å². The fourth-order valence-electron chi connectivity index (χ4n) is 1.74. The molecule has 21 heavy (non-hydrogen) atoms. The fourth-order valence-corrected chi connectivity index (χ4v) is 1.74. The lowest BCUT2D eigenvalue weighted by atomic mass is 10.4. The van der Waals surface area contributed by atoms with Gasteiger partial charge >= 0.3 is 6.18 Å². The maximum Gasteiger partial charge on any atom is 0.435 e. The van der Waals surface area contributed by atoms with Gasteiger partial charge in [-0.05, 0) is 12.1 Å². The molecule has 0 aliphatic heterocycles. The first-order valence-corrected chi connectivity index (χ1v) is 6.09. The van der Waals surface area contributed by atoms with Gasteiger partial charge in [-0.3, -0.25) is 14.2 Å². The van der Waals surface area contributed by atoms with Gasteiger partial charge in [0.2, 0.25) is 5.91 Å². The highest BCUT2D eigenvalue weighted by Gasteiger charge is 2.33. The Bertz CT molecular complexity index is 631. The molecule has 0 spiro atoms. The molecule has 0 unspecified atom stereocenters. The molecule has 0 saturated heterocycles. The van der Waals surface area contributed by atoms with Gasteiger partial charge in [0.25, 0.3) is 0 Å². The van der Waals surface area contributed by atoms with Crippen molar-refractivity contribution in [1.82, 2.24) is 24.5 Å². The molecule has 0 aliphatic carbocycles. The van der Waals surface area contributed by atoms with Crippen LogP contribution in [0.4, 0.5) is 13.2 Å². The summed E-state index contributed by atoms with van der Waals surface area (Å²) in [7, 11) is 3.32. The second-order valence-electron chi connectivity index (χ2n) is 4.63. The molecular weight excluding hydrogens is 287 g/mol. The molecule has 0 N–H and O–H groups in total. The van der Waals surface area contributed by atoms with Crippen LogP contribution in [-0.2, 0) is 31.1 Å². The van der Waals surface area contributed by atoms with Crippen molar-refractivity contribution in [3.05, 3.63) is 35.9 Å². The Morgan fingerprint density at radius 3 is 2.52 bits per heavy atom. The van der Waals surface area contributed by atoms with Crippen molar-refractivity contribution in [2.75, 3.05) is 7.05 Å². The van der Waals surface area contributed by atoms with Gasteiger partial charge in [-0.25, -0.2) is 0 Å². The number of aromatic nitrogens is 4. The minimum absolute atomic E-state index is 0.251. The van der Waals surface area contributed by atoms with E-state index in [1.54, 1.807) is 31.0 Å². The Kier molecular flexibility index (Phi) is 4.01. The number of hydrogen-bond donors (Lipinski definition) is 0. The zero-order chi connectivity index (χ0) is 15.6. The second kappa shape index (κ2) is 5.58. The predicted octanol–water partition coefficient (Wildman–Crippen LogP) is 1.29. The van der Waals surface area contributed by atoms with E-state index in [4.69, 9.17) is 0 Å². The standard InChI is InChI=1S/C12H14F3N5O/c1-18(7-9-3-5-19(2)16-9)11(21)8-20-6-4-10(17-20)12(13,14)15/h3-6H,7-8H2,1-2H3. The number of carbonyl (C=O) groups excluding carboxylic acids is 1. The molecule has 0 bridgehead atoms. The SMILES string of the molecule is CN(Cc1ccn(C)n1)C(=O)Cn1ccc(C(F)(F)F)n1. The summed E-state index contributed by atoms with van der Waals surface area (Å²) in [5, 5.41) is 7.47. The number of halogens is 3. The van der Waals surface area contributed by atoms with Crippen LogP contribution in [0.2, 0.25) is 0 Å². The Labute approximate surface area is 118 Å². The molecular formula is C12H14F3N5O. The number of alkyl halides is 3. The topological polar surface area (TPSA) is 56.0 Å². The maximum atomic E-state index is 12.4. The largest absolute Gasteiger partial charge is 0.435 e. The van der Waals surface area contributed by atoms with Gasteiger partial charge in [0.1, 0.15) is 6.54 Å². The number of aryl methyl sites for hydroxylation is 1. The molecule has 2 heterocycles. The van der Waals surface area contributed by atoms with Gasteiger partial charge < -0.3 is 4.90 Å². The van der Waals surface area contributed by atoms with Crippen LogP contribution >= 0.6 is 0 Å². The number of rotatable bonds is 4. The minimum atomic E-state index is -4.51. The zero-order valence-electron chi connectivity index (χ0n) is 11.5. The summed E-state index contributed by atoms with van der Waals surface area (Å²) in [6.07, 6.45) is -1.62. The third kappa shape index (κ3) is 3.83. The lowest BCUT2D eigenvalue weighted by Crippen LogP contribution is -2.30. The number of hydrogen-bond acceptors (Lipinski definition) is 3. The van der Waals surface area contributed by atoms with Crippen molar-refractivity contribution < 1.29 is 18.0 Å². The molecule has 2 aromatic rings. The third-order valence-electron chi connectivity index (χ3n) is 2.82. The van der Waals surface area contributed by atoms with E-state index in [0.717, 1.165) is 16.9 Å². The normalized spacial score (nSPS) is 11.7. The summed E-state index contributed by atoms with van der Waals surface area (Å²) in [5.41, 5.74) is -0.313. The van der Waals surface area contributed by atoms with Crippen molar-refractivity contribution in [2.24, 2.45) is 7.05 Å². The number of carbonyl (C=O) groups is 1. The first-order chi connectivity index (χ1) is 9.75. The van der Waals surface area contributed by atoms with Gasteiger partial charge in [-0.1, -0.05) is 0 Å². The van der Waals surface area contributed by atoms with Crippen LogP contribution < -0.4 is 0 Å². The van der Waals surface area contributed by atoms with E-state index in [1.807, 2.05) is 0 Å². The Hall–Kier alpha value is -2.32. The molecule has 0 radical (unpaired) electrons. The Balaban J connectivity index is 1.96. The number of nitrogens with zero attached hydrogens (tertiary/aromatic N) is 5. The highest BCUT2D eigenvalue weighted by molar-refractivity contribution is 5.75. The van der Waals surface area contributed by atoms with E-state index in [9.17, 15) is 18.0 Å². The van der Waals surface area contributed by atoms with E-state index in [2.05, 4.69) is 10.2 Å². The maximum absolute atomic E-state index is 12.4. The van der Waals surface area contributed by atoms with Crippen molar-refractivity contribution in [2.45, 2.75) is 19.3 Å². The van der Waals surface area contributed by atoms with Crippen molar-refractivity contribution in [3.8, 4) is 0 Å². The molecule has 0 atom stereocenters. The second-order valence-corrected chi connectivity index (χ2v) is 4.63. The molecule has 2 rings (SSSR count). The van der Waals surface area contributed by atoms with E-state index < -0.39 is 11.9 Å². The summed E-state index contributed by atoms with van der Waals surface area (Å²) < 4.78 is 39.8. The zero-order valence-corrected chi connectivity index (χ0v) is 11.5. The summed E-state index contributed by atoms with van der Waals surface area (Å²) >= 11 is 0. The lowest BCUT2D eigenvalue weighted by Gasteiger charge is -2.15. The quantitative estimate of drug-likeness (QED) is 0.855. The summed E-state index contributed by atoms with van der Waals surface area (Å²) in [4.78, 5) is 13.3. The van der Waals surface area contributed by atoms with Crippen LogP contribution in [0, 0.1) is 0 Å². The monoisotopic (exact) mass is 301 g/mol. The summed E-state index contributed by atoms with van der Waals surface area (Å²) in [6, 6.07) is 2.60. The number of amides is 1. The fraction of sp³-hybridized carbons (Fsp3) is 0.417. The number of likely N-dealkylation sites (N-methyl/N-ethyl adjacent to an activating group) is 1. The molecule has 0 fully saturated rings. The van der Waals surface area contributed by atoms with Crippen LogP contribution in [0.5, 0.6) is 0 Å². The molecule has 114 valence electrons. The Morgan fingerprint density at radius 1 is 1.29 bits per heavy atom. The first kappa shape index (κ1) is 15.1. The van der Waals surface area contributed by atoms with Crippen molar-refractivity contribution >= 4 is 5.91 Å². The van der Waals surface area contributed by atoms with Crippen molar-refractivity contribution in [1.29, 1.82) is 0 Å². The van der Waals surface area contributed by atoms with E-state index in [0.29, 0.717) is 5.69 Å². The minimum Gasteiger partial charge on any atom is -0.338 e. The predicted molar refractivity (Wildman–Crippen MR) is 66.9 cm³/mol. The van der Waals surface area contributed by atoms with Crippen LogP contribution in [0.15, 0.2) is 24.5 Å². The molecule has 1 amide bonds. The van der Waals surface area contributed by atoms with Gasteiger partial charge in [0, 0.05) is 26.5 Å². The van der Waals surface area contributed by atoms with E-state index in [1.165, 1.54) is 4.90 Å². The van der Waals surface area contributed by atoms with Crippen LogP contribution in [-0.4, -0.2) is 37.4 Å². The van der Waals surface area contributed by atoms with Gasteiger partial charge in [0.15, 0.2) is 5.69 Å². The van der Waals surface area contributed by atoms with E-state index in [-0.39, 0.29) is 19.0 Å². The van der Waals surface area contributed by atoms with Crippen LogP contribution in [0.1, 0.15) is 11.4 Å². The van der Waals surface area contributed by atoms with Gasteiger partial charge in [0.05, 0.1) is 12.2 Å². The smallest absolute Gasteiger partial charge is 0.338 e. The van der Waals surface area contributed by atoms with Gasteiger partial charge in [-0.2, -0.15) is 23.4 Å². The average molecular weight is 301 g/mol. The lowest BCUT2D eigenvalue weighted by molar-refractivity contribution is -0.142. The molecule has 6 nitrogen and oxygen atoms in total. The summed E-state index contributed by atoms with van der Waals surface area (Å²) in [5.74, 6) is -0.350. The van der Waals surface area contributed by atoms with Crippen LogP contribution in [0.25, 0.3) is 0 Å². The average Bonchev–Trinajstić information content (AvgIpc) is 2.98. The van der Waals surface area contributed by atoms with E-state index >= 15 is 0 Å².